The maximum absolute atomic E-state index is 6.07. The van der Waals surface area contributed by atoms with Crippen molar-refractivity contribution in [1.82, 2.24) is 10.2 Å². The Morgan fingerprint density at radius 3 is 2.48 bits per heavy atom. The minimum atomic E-state index is 0.463. The summed E-state index contributed by atoms with van der Waals surface area (Å²) in [4.78, 5) is 0. The van der Waals surface area contributed by atoms with E-state index in [2.05, 4.69) is 29.4 Å². The highest BCUT2D eigenvalue weighted by Gasteiger charge is 2.06. The molecule has 4 heteroatoms. The average Bonchev–Trinajstić information content (AvgIpc) is 2.48. The molecule has 0 saturated carbocycles. The Morgan fingerprint density at radius 1 is 1.00 bits per heavy atom. The number of anilines is 1. The summed E-state index contributed by atoms with van der Waals surface area (Å²) in [7, 11) is 0. The highest BCUT2D eigenvalue weighted by atomic mass is 35.5. The van der Waals surface area contributed by atoms with Gasteiger partial charge in [0.25, 0.3) is 0 Å². The topological polar surface area (TPSA) is 37.8 Å². The number of rotatable bonds is 8. The normalized spacial score (nSPS) is 11.2. The van der Waals surface area contributed by atoms with Gasteiger partial charge in [0.05, 0.1) is 0 Å². The number of aromatic nitrogens is 2. The van der Waals surface area contributed by atoms with Crippen molar-refractivity contribution in [3.8, 4) is 0 Å². The standard InChI is InChI=1S/C17H24ClN3/c1-13(2)9-5-3-4-8-12-19-17-15-11-7-6-10-14(15)16(18)20-21-17/h6-7,10-11,13H,3-5,8-9,12H2,1-2H3,(H,19,21). The van der Waals surface area contributed by atoms with E-state index in [9.17, 15) is 0 Å². The number of nitrogens with one attached hydrogen (secondary N) is 1. The van der Waals surface area contributed by atoms with Gasteiger partial charge in [-0.1, -0.05) is 75.4 Å². The monoisotopic (exact) mass is 305 g/mol. The van der Waals surface area contributed by atoms with E-state index >= 15 is 0 Å². The lowest BCUT2D eigenvalue weighted by molar-refractivity contribution is 0.523. The van der Waals surface area contributed by atoms with E-state index in [1.807, 2.05) is 24.3 Å². The summed E-state index contributed by atoms with van der Waals surface area (Å²) in [5, 5.41) is 14.0. The van der Waals surface area contributed by atoms with E-state index in [1.54, 1.807) is 0 Å². The average molecular weight is 306 g/mol. The Labute approximate surface area is 132 Å². The minimum absolute atomic E-state index is 0.463. The Bertz CT molecular complexity index is 569. The summed E-state index contributed by atoms with van der Waals surface area (Å²) < 4.78 is 0. The molecule has 0 aliphatic heterocycles. The zero-order chi connectivity index (χ0) is 15.1. The van der Waals surface area contributed by atoms with Crippen LogP contribution in [0.15, 0.2) is 24.3 Å². The third-order valence-electron chi connectivity index (χ3n) is 3.64. The van der Waals surface area contributed by atoms with E-state index in [4.69, 9.17) is 11.6 Å². The van der Waals surface area contributed by atoms with Crippen molar-refractivity contribution < 1.29 is 0 Å². The Morgan fingerprint density at radius 2 is 1.71 bits per heavy atom. The first-order valence-electron chi connectivity index (χ1n) is 7.83. The number of benzene rings is 1. The van der Waals surface area contributed by atoms with Crippen molar-refractivity contribution >= 4 is 28.2 Å². The second-order valence-electron chi connectivity index (χ2n) is 5.91. The van der Waals surface area contributed by atoms with Crippen LogP contribution in [0.3, 0.4) is 0 Å². The van der Waals surface area contributed by atoms with Crippen LogP contribution in [-0.2, 0) is 0 Å². The fraction of sp³-hybridized carbons (Fsp3) is 0.529. The molecular formula is C17H24ClN3. The zero-order valence-electron chi connectivity index (χ0n) is 12.9. The van der Waals surface area contributed by atoms with Crippen molar-refractivity contribution in [3.05, 3.63) is 29.4 Å². The summed E-state index contributed by atoms with van der Waals surface area (Å²) >= 11 is 6.07. The van der Waals surface area contributed by atoms with Crippen molar-refractivity contribution in [2.45, 2.75) is 46.0 Å². The predicted octanol–water partition coefficient (Wildman–Crippen LogP) is 5.30. The van der Waals surface area contributed by atoms with Gasteiger partial charge in [0.15, 0.2) is 11.0 Å². The van der Waals surface area contributed by atoms with Crippen LogP contribution in [0.25, 0.3) is 10.8 Å². The van der Waals surface area contributed by atoms with Gasteiger partial charge in [0.1, 0.15) is 0 Å². The fourth-order valence-electron chi connectivity index (χ4n) is 2.44. The quantitative estimate of drug-likeness (QED) is 0.672. The van der Waals surface area contributed by atoms with Gasteiger partial charge in [-0.3, -0.25) is 0 Å². The Balaban J connectivity index is 1.80. The molecule has 114 valence electrons. The third kappa shape index (κ3) is 4.85. The number of fused-ring (bicyclic) bond motifs is 1. The Hall–Kier alpha value is -1.35. The molecule has 0 atom stereocenters. The lowest BCUT2D eigenvalue weighted by atomic mass is 10.0. The van der Waals surface area contributed by atoms with Gasteiger partial charge in [-0.15, -0.1) is 10.2 Å². The van der Waals surface area contributed by atoms with Crippen molar-refractivity contribution in [2.75, 3.05) is 11.9 Å². The predicted molar refractivity (Wildman–Crippen MR) is 91.0 cm³/mol. The van der Waals surface area contributed by atoms with Crippen LogP contribution in [-0.4, -0.2) is 16.7 Å². The lowest BCUT2D eigenvalue weighted by Gasteiger charge is -2.09. The lowest BCUT2D eigenvalue weighted by Crippen LogP contribution is -2.05. The molecule has 1 aromatic carbocycles. The van der Waals surface area contributed by atoms with Gasteiger partial charge in [0.2, 0.25) is 0 Å². The van der Waals surface area contributed by atoms with Gasteiger partial charge in [-0.2, -0.15) is 0 Å². The number of hydrogen-bond donors (Lipinski definition) is 1. The van der Waals surface area contributed by atoms with E-state index in [0.717, 1.165) is 35.5 Å². The summed E-state index contributed by atoms with van der Waals surface area (Å²) in [6.45, 7) is 5.50. The van der Waals surface area contributed by atoms with Crippen LogP contribution in [0, 0.1) is 5.92 Å². The summed E-state index contributed by atoms with van der Waals surface area (Å²) in [6, 6.07) is 7.97. The summed E-state index contributed by atoms with van der Waals surface area (Å²) in [5.41, 5.74) is 0. The van der Waals surface area contributed by atoms with E-state index in [1.165, 1.54) is 25.7 Å². The molecular weight excluding hydrogens is 282 g/mol. The van der Waals surface area contributed by atoms with Crippen molar-refractivity contribution in [2.24, 2.45) is 5.92 Å². The molecule has 1 aromatic heterocycles. The van der Waals surface area contributed by atoms with Gasteiger partial charge < -0.3 is 5.32 Å². The Kier molecular flexibility index (Phi) is 6.24. The molecule has 1 heterocycles. The molecule has 2 aromatic rings. The van der Waals surface area contributed by atoms with E-state index in [0.29, 0.717) is 5.15 Å². The van der Waals surface area contributed by atoms with Gasteiger partial charge >= 0.3 is 0 Å². The molecule has 21 heavy (non-hydrogen) atoms. The molecule has 0 unspecified atom stereocenters. The molecule has 2 rings (SSSR count). The van der Waals surface area contributed by atoms with Crippen LogP contribution in [0.4, 0.5) is 5.82 Å². The molecule has 0 aliphatic carbocycles. The van der Waals surface area contributed by atoms with Crippen LogP contribution in [0.1, 0.15) is 46.0 Å². The number of hydrogen-bond acceptors (Lipinski definition) is 3. The molecule has 0 radical (unpaired) electrons. The molecule has 3 nitrogen and oxygen atoms in total. The summed E-state index contributed by atoms with van der Waals surface area (Å²) in [6.07, 6.45) is 6.41. The second kappa shape index (κ2) is 8.18. The number of halogens is 1. The molecule has 0 amide bonds. The maximum atomic E-state index is 6.07. The molecule has 0 aliphatic rings. The van der Waals surface area contributed by atoms with Crippen LogP contribution < -0.4 is 5.32 Å². The SMILES string of the molecule is CC(C)CCCCCCNc1nnc(Cl)c2ccccc12. The number of nitrogens with zero attached hydrogens (tertiary/aromatic N) is 2. The zero-order valence-corrected chi connectivity index (χ0v) is 13.7. The van der Waals surface area contributed by atoms with Gasteiger partial charge in [-0.25, -0.2) is 0 Å². The molecule has 0 spiro atoms. The fourth-order valence-corrected chi connectivity index (χ4v) is 2.64. The smallest absolute Gasteiger partial charge is 0.159 e. The first kappa shape index (κ1) is 16.0. The number of unbranched alkanes of at least 4 members (excludes halogenated alkanes) is 3. The maximum Gasteiger partial charge on any atom is 0.159 e. The highest BCUT2D eigenvalue weighted by Crippen LogP contribution is 2.25. The van der Waals surface area contributed by atoms with E-state index < -0.39 is 0 Å². The second-order valence-corrected chi connectivity index (χ2v) is 6.27. The van der Waals surface area contributed by atoms with Crippen LogP contribution in [0.2, 0.25) is 5.15 Å². The van der Waals surface area contributed by atoms with Gasteiger partial charge in [-0.05, 0) is 12.3 Å². The molecule has 1 N–H and O–H groups in total. The first-order chi connectivity index (χ1) is 10.2. The van der Waals surface area contributed by atoms with E-state index in [-0.39, 0.29) is 0 Å². The first-order valence-corrected chi connectivity index (χ1v) is 8.21. The van der Waals surface area contributed by atoms with Crippen LogP contribution >= 0.6 is 11.6 Å². The molecule has 0 bridgehead atoms. The van der Waals surface area contributed by atoms with Crippen molar-refractivity contribution in [1.29, 1.82) is 0 Å². The molecule has 0 fully saturated rings. The highest BCUT2D eigenvalue weighted by molar-refractivity contribution is 6.34. The van der Waals surface area contributed by atoms with Crippen molar-refractivity contribution in [3.63, 3.8) is 0 Å². The summed E-state index contributed by atoms with van der Waals surface area (Å²) in [5.74, 6) is 1.65. The van der Waals surface area contributed by atoms with Gasteiger partial charge in [0, 0.05) is 17.3 Å². The van der Waals surface area contributed by atoms with Crippen LogP contribution in [0.5, 0.6) is 0 Å². The third-order valence-corrected chi connectivity index (χ3v) is 3.92. The molecule has 0 saturated heterocycles. The largest absolute Gasteiger partial charge is 0.368 e. The minimum Gasteiger partial charge on any atom is -0.368 e.